The molecule has 1 saturated heterocycles. The maximum Gasteiger partial charge on any atom is 0.228 e. The predicted octanol–water partition coefficient (Wildman–Crippen LogP) is 2.68. The van der Waals surface area contributed by atoms with Gasteiger partial charge >= 0.3 is 0 Å². The Balaban J connectivity index is 1.97. The second-order valence-electron chi connectivity index (χ2n) is 4.67. The Bertz CT molecular complexity index is 445. The average molecular weight is 283 g/mol. The monoisotopic (exact) mass is 282 g/mol. The molecule has 1 aromatic carbocycles. The molecule has 4 nitrogen and oxygen atoms in total. The van der Waals surface area contributed by atoms with E-state index in [2.05, 4.69) is 10.6 Å². The number of rotatable bonds is 5. The van der Waals surface area contributed by atoms with Gasteiger partial charge < -0.3 is 15.4 Å². The molecule has 104 valence electrons. The molecule has 19 heavy (non-hydrogen) atoms. The maximum absolute atomic E-state index is 12.0. The van der Waals surface area contributed by atoms with Crippen LogP contribution in [0.4, 0.5) is 5.69 Å². The van der Waals surface area contributed by atoms with E-state index in [1.165, 1.54) is 0 Å². The van der Waals surface area contributed by atoms with Gasteiger partial charge in [0.25, 0.3) is 0 Å². The minimum absolute atomic E-state index is 0.0447. The van der Waals surface area contributed by atoms with Crippen molar-refractivity contribution in [3.63, 3.8) is 0 Å². The highest BCUT2D eigenvalue weighted by Crippen LogP contribution is 2.28. The van der Waals surface area contributed by atoms with Gasteiger partial charge in [0.2, 0.25) is 5.91 Å². The number of hydrogen-bond donors (Lipinski definition) is 2. The number of benzene rings is 1. The number of amides is 1. The normalized spacial score (nSPS) is 18.3. The van der Waals surface area contributed by atoms with Crippen LogP contribution in [0.25, 0.3) is 0 Å². The molecule has 1 aliphatic heterocycles. The summed E-state index contributed by atoms with van der Waals surface area (Å²) in [7, 11) is 0. The second kappa shape index (κ2) is 6.78. The van der Waals surface area contributed by atoms with E-state index >= 15 is 0 Å². The summed E-state index contributed by atoms with van der Waals surface area (Å²) in [5.74, 6) is 0.752. The van der Waals surface area contributed by atoms with Gasteiger partial charge in [0.05, 0.1) is 17.5 Å². The molecular weight excluding hydrogens is 264 g/mol. The van der Waals surface area contributed by atoms with Crippen molar-refractivity contribution < 1.29 is 9.53 Å². The van der Waals surface area contributed by atoms with Crippen LogP contribution in [0.1, 0.15) is 19.8 Å². The van der Waals surface area contributed by atoms with Gasteiger partial charge in [-0.15, -0.1) is 0 Å². The fourth-order valence-corrected chi connectivity index (χ4v) is 2.27. The Hall–Kier alpha value is -1.26. The molecule has 0 aliphatic carbocycles. The third kappa shape index (κ3) is 3.85. The van der Waals surface area contributed by atoms with Crippen molar-refractivity contribution in [3.8, 4) is 5.75 Å². The van der Waals surface area contributed by atoms with E-state index in [0.717, 1.165) is 25.9 Å². The number of carbonyl (C=O) groups excluding carboxylic acids is 1. The van der Waals surface area contributed by atoms with Crippen LogP contribution in [0.2, 0.25) is 5.02 Å². The molecule has 5 heteroatoms. The smallest absolute Gasteiger partial charge is 0.228 e. The van der Waals surface area contributed by atoms with Crippen molar-refractivity contribution in [3.05, 3.63) is 23.2 Å². The molecule has 1 atom stereocenters. The Labute approximate surface area is 118 Å². The molecule has 1 unspecified atom stereocenters. The molecule has 0 aromatic heterocycles. The molecule has 2 N–H and O–H groups in total. The first kappa shape index (κ1) is 14.2. The number of hydrogen-bond acceptors (Lipinski definition) is 3. The number of halogens is 1. The summed E-state index contributed by atoms with van der Waals surface area (Å²) in [4.78, 5) is 12.0. The summed E-state index contributed by atoms with van der Waals surface area (Å²) in [5, 5.41) is 6.59. The van der Waals surface area contributed by atoms with Crippen LogP contribution in [0.5, 0.6) is 5.75 Å². The Morgan fingerprint density at radius 3 is 3.05 bits per heavy atom. The SMILES string of the molecule is CCCOc1ccc(NC(=O)C2CCNC2)cc1Cl. The first-order valence-electron chi connectivity index (χ1n) is 6.64. The lowest BCUT2D eigenvalue weighted by Crippen LogP contribution is -2.24. The highest BCUT2D eigenvalue weighted by molar-refractivity contribution is 6.32. The van der Waals surface area contributed by atoms with E-state index < -0.39 is 0 Å². The van der Waals surface area contributed by atoms with Crippen molar-refractivity contribution in [2.24, 2.45) is 5.92 Å². The average Bonchev–Trinajstić information content (AvgIpc) is 2.92. The van der Waals surface area contributed by atoms with Crippen LogP contribution in [0.15, 0.2) is 18.2 Å². The van der Waals surface area contributed by atoms with Crippen molar-refractivity contribution in [1.29, 1.82) is 0 Å². The van der Waals surface area contributed by atoms with Gasteiger partial charge in [-0.2, -0.15) is 0 Å². The van der Waals surface area contributed by atoms with Gasteiger partial charge in [-0.1, -0.05) is 18.5 Å². The lowest BCUT2D eigenvalue weighted by molar-refractivity contribution is -0.119. The largest absolute Gasteiger partial charge is 0.492 e. The van der Waals surface area contributed by atoms with Crippen molar-refractivity contribution in [1.82, 2.24) is 5.32 Å². The third-order valence-electron chi connectivity index (χ3n) is 3.09. The van der Waals surface area contributed by atoms with Crippen LogP contribution in [0, 0.1) is 5.92 Å². The summed E-state index contributed by atoms with van der Waals surface area (Å²) < 4.78 is 5.49. The minimum atomic E-state index is 0.0447. The van der Waals surface area contributed by atoms with Gasteiger partial charge in [0.15, 0.2) is 0 Å². The van der Waals surface area contributed by atoms with Crippen LogP contribution < -0.4 is 15.4 Å². The summed E-state index contributed by atoms with van der Waals surface area (Å²) in [6, 6.07) is 5.34. The van der Waals surface area contributed by atoms with E-state index in [4.69, 9.17) is 16.3 Å². The van der Waals surface area contributed by atoms with E-state index in [0.29, 0.717) is 23.1 Å². The zero-order valence-corrected chi connectivity index (χ0v) is 11.8. The lowest BCUT2D eigenvalue weighted by Gasteiger charge is -2.12. The molecule has 1 aliphatic rings. The highest BCUT2D eigenvalue weighted by Gasteiger charge is 2.22. The van der Waals surface area contributed by atoms with Crippen molar-refractivity contribution >= 4 is 23.2 Å². The molecule has 1 fully saturated rings. The first-order valence-corrected chi connectivity index (χ1v) is 7.02. The summed E-state index contributed by atoms with van der Waals surface area (Å²) in [6.45, 7) is 4.33. The van der Waals surface area contributed by atoms with Crippen LogP contribution >= 0.6 is 11.6 Å². The van der Waals surface area contributed by atoms with E-state index in [-0.39, 0.29) is 11.8 Å². The van der Waals surface area contributed by atoms with Gasteiger partial charge in [0, 0.05) is 12.2 Å². The minimum Gasteiger partial charge on any atom is -0.492 e. The van der Waals surface area contributed by atoms with Gasteiger partial charge in [-0.3, -0.25) is 4.79 Å². The number of nitrogens with one attached hydrogen (secondary N) is 2. The molecule has 1 aromatic rings. The van der Waals surface area contributed by atoms with Gasteiger partial charge in [0.1, 0.15) is 5.75 Å². The van der Waals surface area contributed by atoms with E-state index in [1.54, 1.807) is 12.1 Å². The first-order chi connectivity index (χ1) is 9.20. The summed E-state index contributed by atoms with van der Waals surface area (Å²) >= 11 is 6.12. The fraction of sp³-hybridized carbons (Fsp3) is 0.500. The number of anilines is 1. The summed E-state index contributed by atoms with van der Waals surface area (Å²) in [6.07, 6.45) is 1.82. The maximum atomic E-state index is 12.0. The molecule has 0 saturated carbocycles. The van der Waals surface area contributed by atoms with Crippen LogP contribution in [0.3, 0.4) is 0 Å². The van der Waals surface area contributed by atoms with Crippen LogP contribution in [-0.2, 0) is 4.79 Å². The molecule has 0 spiro atoms. The molecule has 1 amide bonds. The molecule has 1 heterocycles. The predicted molar refractivity (Wildman–Crippen MR) is 76.8 cm³/mol. The second-order valence-corrected chi connectivity index (χ2v) is 5.08. The van der Waals surface area contributed by atoms with Crippen molar-refractivity contribution in [2.45, 2.75) is 19.8 Å². The topological polar surface area (TPSA) is 50.4 Å². The Morgan fingerprint density at radius 2 is 2.42 bits per heavy atom. The number of ether oxygens (including phenoxy) is 1. The molecular formula is C14H19ClN2O2. The summed E-state index contributed by atoms with van der Waals surface area (Å²) in [5.41, 5.74) is 0.714. The fourth-order valence-electron chi connectivity index (χ4n) is 2.03. The third-order valence-corrected chi connectivity index (χ3v) is 3.39. The number of carbonyl (C=O) groups is 1. The highest BCUT2D eigenvalue weighted by atomic mass is 35.5. The Kier molecular flexibility index (Phi) is 5.05. The van der Waals surface area contributed by atoms with Gasteiger partial charge in [-0.25, -0.2) is 0 Å². The van der Waals surface area contributed by atoms with Crippen molar-refractivity contribution in [2.75, 3.05) is 25.0 Å². The zero-order valence-electron chi connectivity index (χ0n) is 11.0. The van der Waals surface area contributed by atoms with Gasteiger partial charge in [-0.05, 0) is 37.6 Å². The zero-order chi connectivity index (χ0) is 13.7. The quantitative estimate of drug-likeness (QED) is 0.873. The molecule has 2 rings (SSSR count). The lowest BCUT2D eigenvalue weighted by atomic mass is 10.1. The van der Waals surface area contributed by atoms with Crippen LogP contribution in [-0.4, -0.2) is 25.6 Å². The van der Waals surface area contributed by atoms with E-state index in [9.17, 15) is 4.79 Å². The van der Waals surface area contributed by atoms with E-state index in [1.807, 2.05) is 13.0 Å². The standard InChI is InChI=1S/C14H19ClN2O2/c1-2-7-19-13-4-3-11(8-12(13)15)17-14(18)10-5-6-16-9-10/h3-4,8,10,16H,2,5-7,9H2,1H3,(H,17,18). The molecule has 0 radical (unpaired) electrons. The Morgan fingerprint density at radius 1 is 1.58 bits per heavy atom. The molecule has 0 bridgehead atoms.